The van der Waals surface area contributed by atoms with Gasteiger partial charge >= 0.3 is 0 Å². The number of hydrogen-bond acceptors (Lipinski definition) is 5. The van der Waals surface area contributed by atoms with Crippen LogP contribution in [0.5, 0.6) is 0 Å². The molecule has 29 heavy (non-hydrogen) atoms. The zero-order valence-corrected chi connectivity index (χ0v) is 17.4. The fraction of sp³-hybridized carbons (Fsp3) is 0.174. The number of nitriles is 1. The number of carbonyl (C=O) groups excluding carboxylic acids is 1. The standard InChI is InChI=1S/C23H22N4OS/c1-14-4-8-17(9-5-14)21-22(18-10-6-15(2)7-11-18)27-23(26-21)29-13-20(28)19(12-24)16(3)25/h4-11H,13,25H2,1-3H3,(H,26,27)/b19-16+. The normalized spacial score (nSPS) is 11.7. The van der Waals surface area contributed by atoms with Crippen LogP contribution in [0.3, 0.4) is 0 Å². The molecule has 146 valence electrons. The van der Waals surface area contributed by atoms with Crippen LogP contribution in [0.2, 0.25) is 0 Å². The van der Waals surface area contributed by atoms with E-state index >= 15 is 0 Å². The molecular weight excluding hydrogens is 380 g/mol. The Morgan fingerprint density at radius 3 is 2.14 bits per heavy atom. The molecule has 0 fully saturated rings. The van der Waals surface area contributed by atoms with Crippen molar-refractivity contribution in [2.45, 2.75) is 25.9 Å². The van der Waals surface area contributed by atoms with Gasteiger partial charge in [-0.1, -0.05) is 71.4 Å². The molecular formula is C23H22N4OS. The number of aryl methyl sites for hydroxylation is 2. The van der Waals surface area contributed by atoms with Crippen LogP contribution in [0, 0.1) is 25.2 Å². The smallest absolute Gasteiger partial charge is 0.185 e. The number of nitrogens with zero attached hydrogens (tertiary/aromatic N) is 2. The van der Waals surface area contributed by atoms with Crippen molar-refractivity contribution in [2.75, 3.05) is 5.75 Å². The third-order valence-electron chi connectivity index (χ3n) is 4.47. The summed E-state index contributed by atoms with van der Waals surface area (Å²) in [4.78, 5) is 20.4. The Bertz CT molecular complexity index is 1040. The summed E-state index contributed by atoms with van der Waals surface area (Å²) in [6, 6.07) is 18.3. The molecule has 0 saturated carbocycles. The number of carbonyl (C=O) groups is 1. The number of rotatable bonds is 6. The van der Waals surface area contributed by atoms with E-state index in [4.69, 9.17) is 16.0 Å². The first-order chi connectivity index (χ1) is 13.9. The number of hydrogen-bond donors (Lipinski definition) is 2. The Morgan fingerprint density at radius 2 is 1.62 bits per heavy atom. The summed E-state index contributed by atoms with van der Waals surface area (Å²) in [7, 11) is 0. The van der Waals surface area contributed by atoms with Crippen LogP contribution >= 0.6 is 11.8 Å². The number of allylic oxidation sites excluding steroid dienone is 2. The average molecular weight is 403 g/mol. The molecule has 5 nitrogen and oxygen atoms in total. The minimum absolute atomic E-state index is 0.00146. The second-order valence-electron chi connectivity index (χ2n) is 6.88. The van der Waals surface area contributed by atoms with Crippen molar-refractivity contribution in [2.24, 2.45) is 5.73 Å². The highest BCUT2D eigenvalue weighted by molar-refractivity contribution is 7.99. The molecule has 1 heterocycles. The van der Waals surface area contributed by atoms with Gasteiger partial charge in [0, 0.05) is 16.8 Å². The molecule has 0 aliphatic heterocycles. The van der Waals surface area contributed by atoms with Gasteiger partial charge < -0.3 is 10.7 Å². The van der Waals surface area contributed by atoms with E-state index < -0.39 is 0 Å². The number of thioether (sulfide) groups is 1. The highest BCUT2D eigenvalue weighted by atomic mass is 32.2. The first-order valence-corrected chi connectivity index (χ1v) is 10.1. The van der Waals surface area contributed by atoms with Crippen LogP contribution in [0.1, 0.15) is 18.1 Å². The number of imidazole rings is 1. The number of Topliss-reactive ketones (excluding diaryl/α,β-unsaturated/α-hetero) is 1. The Kier molecular flexibility index (Phi) is 6.20. The lowest BCUT2D eigenvalue weighted by Crippen LogP contribution is -2.10. The minimum Gasteiger partial charge on any atom is -0.401 e. The van der Waals surface area contributed by atoms with E-state index in [9.17, 15) is 4.79 Å². The number of ketones is 1. The maximum Gasteiger partial charge on any atom is 0.185 e. The molecule has 0 spiro atoms. The van der Waals surface area contributed by atoms with Gasteiger partial charge in [-0.2, -0.15) is 5.26 Å². The van der Waals surface area contributed by atoms with Crippen molar-refractivity contribution in [1.82, 2.24) is 9.97 Å². The molecule has 3 rings (SSSR count). The summed E-state index contributed by atoms with van der Waals surface area (Å²) in [6.45, 7) is 5.64. The molecule has 0 aliphatic rings. The molecule has 1 aromatic heterocycles. The van der Waals surface area contributed by atoms with Crippen LogP contribution in [0.15, 0.2) is 65.0 Å². The molecule has 0 bridgehead atoms. The van der Waals surface area contributed by atoms with Gasteiger partial charge in [0.1, 0.15) is 11.6 Å². The van der Waals surface area contributed by atoms with Crippen molar-refractivity contribution < 1.29 is 4.79 Å². The second kappa shape index (κ2) is 8.80. The van der Waals surface area contributed by atoms with Gasteiger partial charge in [-0.25, -0.2) is 4.98 Å². The van der Waals surface area contributed by atoms with E-state index in [-0.39, 0.29) is 22.8 Å². The summed E-state index contributed by atoms with van der Waals surface area (Å²) in [6.07, 6.45) is 0. The fourth-order valence-corrected chi connectivity index (χ4v) is 3.59. The third-order valence-corrected chi connectivity index (χ3v) is 5.35. The molecule has 3 aromatic rings. The van der Waals surface area contributed by atoms with E-state index in [0.29, 0.717) is 5.16 Å². The maximum atomic E-state index is 12.3. The highest BCUT2D eigenvalue weighted by Crippen LogP contribution is 2.33. The van der Waals surface area contributed by atoms with Gasteiger partial charge in [-0.3, -0.25) is 4.79 Å². The molecule has 0 atom stereocenters. The topological polar surface area (TPSA) is 95.6 Å². The van der Waals surface area contributed by atoms with Crippen molar-refractivity contribution >= 4 is 17.5 Å². The Hall–Kier alpha value is -3.30. The van der Waals surface area contributed by atoms with Crippen molar-refractivity contribution in [1.29, 1.82) is 5.26 Å². The average Bonchev–Trinajstić information content (AvgIpc) is 3.12. The molecule has 0 unspecified atom stereocenters. The summed E-state index contributed by atoms with van der Waals surface area (Å²) < 4.78 is 0. The monoisotopic (exact) mass is 402 g/mol. The third kappa shape index (κ3) is 4.76. The van der Waals surface area contributed by atoms with Crippen LogP contribution in [-0.2, 0) is 4.79 Å². The lowest BCUT2D eigenvalue weighted by Gasteiger charge is -2.04. The van der Waals surface area contributed by atoms with Crippen molar-refractivity contribution in [3.8, 4) is 28.6 Å². The molecule has 0 aliphatic carbocycles. The van der Waals surface area contributed by atoms with Crippen LogP contribution in [-0.4, -0.2) is 21.5 Å². The van der Waals surface area contributed by atoms with Gasteiger partial charge in [-0.05, 0) is 20.8 Å². The number of H-pyrrole nitrogens is 1. The van der Waals surface area contributed by atoms with Gasteiger partial charge in [0.15, 0.2) is 10.9 Å². The molecule has 6 heteroatoms. The zero-order chi connectivity index (χ0) is 21.0. The van der Waals surface area contributed by atoms with Crippen molar-refractivity contribution in [3.05, 3.63) is 70.9 Å². The minimum atomic E-state index is -0.303. The largest absolute Gasteiger partial charge is 0.401 e. The lowest BCUT2D eigenvalue weighted by atomic mass is 10.0. The SMILES string of the molecule is C/C(N)=C(/C#N)C(=O)CSc1nc(-c2ccc(C)cc2)c(-c2ccc(C)cc2)[nH]1. The number of aromatic nitrogens is 2. The lowest BCUT2D eigenvalue weighted by molar-refractivity contribution is -0.112. The predicted octanol–water partition coefficient (Wildman–Crippen LogP) is 4.78. The van der Waals surface area contributed by atoms with E-state index in [2.05, 4.69) is 29.2 Å². The second-order valence-corrected chi connectivity index (χ2v) is 7.84. The number of aromatic amines is 1. The van der Waals surface area contributed by atoms with E-state index in [1.165, 1.54) is 22.9 Å². The quantitative estimate of drug-likeness (QED) is 0.351. The number of benzene rings is 2. The van der Waals surface area contributed by atoms with E-state index in [1.807, 2.05) is 44.2 Å². The maximum absolute atomic E-state index is 12.3. The molecule has 0 radical (unpaired) electrons. The van der Waals surface area contributed by atoms with Crippen LogP contribution < -0.4 is 5.73 Å². The van der Waals surface area contributed by atoms with E-state index in [1.54, 1.807) is 6.92 Å². The Morgan fingerprint density at radius 1 is 1.07 bits per heavy atom. The van der Waals surface area contributed by atoms with Crippen LogP contribution in [0.4, 0.5) is 0 Å². The Labute approximate surface area is 174 Å². The number of nitrogens with one attached hydrogen (secondary N) is 1. The first kappa shape index (κ1) is 20.4. The zero-order valence-electron chi connectivity index (χ0n) is 16.6. The highest BCUT2D eigenvalue weighted by Gasteiger charge is 2.17. The van der Waals surface area contributed by atoms with Crippen LogP contribution in [0.25, 0.3) is 22.5 Å². The summed E-state index contributed by atoms with van der Waals surface area (Å²) >= 11 is 1.26. The molecule has 3 N–H and O–H groups in total. The fourth-order valence-electron chi connectivity index (χ4n) is 2.85. The van der Waals surface area contributed by atoms with Gasteiger partial charge in [0.25, 0.3) is 0 Å². The Balaban J connectivity index is 1.95. The van der Waals surface area contributed by atoms with Gasteiger partial charge in [-0.15, -0.1) is 0 Å². The molecule has 0 amide bonds. The molecule has 0 saturated heterocycles. The summed E-state index contributed by atoms with van der Waals surface area (Å²) in [5.74, 6) is -0.214. The predicted molar refractivity (Wildman–Crippen MR) is 117 cm³/mol. The van der Waals surface area contributed by atoms with E-state index in [0.717, 1.165) is 22.5 Å². The summed E-state index contributed by atoms with van der Waals surface area (Å²) in [5.41, 5.74) is 12.0. The summed E-state index contributed by atoms with van der Waals surface area (Å²) in [5, 5.41) is 9.73. The van der Waals surface area contributed by atoms with Crippen molar-refractivity contribution in [3.63, 3.8) is 0 Å². The van der Waals surface area contributed by atoms with Gasteiger partial charge in [0.2, 0.25) is 0 Å². The first-order valence-electron chi connectivity index (χ1n) is 9.15. The van der Waals surface area contributed by atoms with Gasteiger partial charge in [0.05, 0.1) is 17.1 Å². The molecule has 2 aromatic carbocycles. The number of nitrogens with two attached hydrogens (primary N) is 1.